The van der Waals surface area contributed by atoms with E-state index in [1.165, 1.54) is 0 Å². The van der Waals surface area contributed by atoms with Crippen molar-refractivity contribution in [3.8, 4) is 0 Å². The number of anilines is 2. The first-order valence-electron chi connectivity index (χ1n) is 8.05. The van der Waals surface area contributed by atoms with E-state index in [1.807, 2.05) is 48.5 Å². The van der Waals surface area contributed by atoms with Gasteiger partial charge in [-0.2, -0.15) is 0 Å². The van der Waals surface area contributed by atoms with Gasteiger partial charge >= 0.3 is 0 Å². The molecule has 0 aromatic heterocycles. The van der Waals surface area contributed by atoms with Gasteiger partial charge in [-0.05, 0) is 24.1 Å². The van der Waals surface area contributed by atoms with Gasteiger partial charge in [-0.3, -0.25) is 9.59 Å². The van der Waals surface area contributed by atoms with Crippen LogP contribution < -0.4 is 10.2 Å². The predicted octanol–water partition coefficient (Wildman–Crippen LogP) is 2.97. The van der Waals surface area contributed by atoms with Crippen LogP contribution in [-0.4, -0.2) is 25.0 Å². The summed E-state index contributed by atoms with van der Waals surface area (Å²) in [6, 6.07) is 17.1. The number of ether oxygens (including phenoxy) is 1. The number of rotatable bonds is 6. The van der Waals surface area contributed by atoms with Gasteiger partial charge in [-0.1, -0.05) is 42.5 Å². The quantitative estimate of drug-likeness (QED) is 0.889. The molecule has 5 nitrogen and oxygen atoms in total. The van der Waals surface area contributed by atoms with Crippen LogP contribution in [0.2, 0.25) is 0 Å². The first-order valence-corrected chi connectivity index (χ1v) is 8.05. The van der Waals surface area contributed by atoms with Crippen LogP contribution in [-0.2, 0) is 20.9 Å². The van der Waals surface area contributed by atoms with Crippen molar-refractivity contribution in [3.63, 3.8) is 0 Å². The smallest absolute Gasteiger partial charge is 0.250 e. The van der Waals surface area contributed by atoms with E-state index >= 15 is 0 Å². The van der Waals surface area contributed by atoms with Crippen molar-refractivity contribution in [2.45, 2.75) is 19.4 Å². The van der Waals surface area contributed by atoms with Crippen LogP contribution in [0.3, 0.4) is 0 Å². The fourth-order valence-corrected chi connectivity index (χ4v) is 2.74. The average molecular weight is 324 g/mol. The second-order valence-electron chi connectivity index (χ2n) is 5.69. The van der Waals surface area contributed by atoms with Crippen LogP contribution in [0, 0.1) is 0 Å². The third-order valence-electron chi connectivity index (χ3n) is 3.89. The molecule has 24 heavy (non-hydrogen) atoms. The summed E-state index contributed by atoms with van der Waals surface area (Å²) in [5, 5.41) is 2.84. The lowest BCUT2D eigenvalue weighted by Gasteiger charge is -2.20. The monoisotopic (exact) mass is 324 g/mol. The predicted molar refractivity (Wildman–Crippen MR) is 92.8 cm³/mol. The van der Waals surface area contributed by atoms with E-state index in [-0.39, 0.29) is 18.4 Å². The zero-order valence-corrected chi connectivity index (χ0v) is 13.4. The highest BCUT2D eigenvalue weighted by Gasteiger charge is 2.24. The molecule has 0 aliphatic carbocycles. The highest BCUT2D eigenvalue weighted by molar-refractivity contribution is 6.02. The Morgan fingerprint density at radius 3 is 2.58 bits per heavy atom. The van der Waals surface area contributed by atoms with E-state index in [4.69, 9.17) is 4.74 Å². The standard InChI is InChI=1S/C19H20N2O3/c22-18(14-24-13-15-7-2-1-3-8-15)20-16-9-4-5-10-17(16)21-12-6-11-19(21)23/h1-5,7-10H,6,11-14H2,(H,20,22). The molecule has 0 unspecified atom stereocenters. The van der Waals surface area contributed by atoms with Crippen molar-refractivity contribution in [2.24, 2.45) is 0 Å². The molecule has 0 radical (unpaired) electrons. The molecule has 1 saturated heterocycles. The summed E-state index contributed by atoms with van der Waals surface area (Å²) in [6.07, 6.45) is 1.41. The third-order valence-corrected chi connectivity index (χ3v) is 3.89. The molecule has 0 bridgehead atoms. The van der Waals surface area contributed by atoms with Crippen molar-refractivity contribution in [3.05, 3.63) is 60.2 Å². The van der Waals surface area contributed by atoms with Crippen molar-refractivity contribution in [1.82, 2.24) is 0 Å². The Hall–Kier alpha value is -2.66. The molecule has 1 fully saturated rings. The summed E-state index contributed by atoms with van der Waals surface area (Å²) in [5.41, 5.74) is 2.41. The maximum Gasteiger partial charge on any atom is 0.250 e. The maximum absolute atomic E-state index is 12.1. The zero-order chi connectivity index (χ0) is 16.8. The van der Waals surface area contributed by atoms with Crippen molar-refractivity contribution in [2.75, 3.05) is 23.4 Å². The topological polar surface area (TPSA) is 58.6 Å². The van der Waals surface area contributed by atoms with Gasteiger partial charge in [0.25, 0.3) is 0 Å². The van der Waals surface area contributed by atoms with Crippen LogP contribution in [0.4, 0.5) is 11.4 Å². The van der Waals surface area contributed by atoms with Crippen molar-refractivity contribution >= 4 is 23.2 Å². The minimum atomic E-state index is -0.231. The number of hydrogen-bond acceptors (Lipinski definition) is 3. The number of nitrogens with zero attached hydrogens (tertiary/aromatic N) is 1. The lowest BCUT2D eigenvalue weighted by Crippen LogP contribution is -2.26. The number of carbonyl (C=O) groups is 2. The Kier molecular flexibility index (Phi) is 5.23. The number of para-hydroxylation sites is 2. The zero-order valence-electron chi connectivity index (χ0n) is 13.4. The minimum Gasteiger partial charge on any atom is -0.367 e. The maximum atomic E-state index is 12.1. The minimum absolute atomic E-state index is 0.0306. The number of hydrogen-bond donors (Lipinski definition) is 1. The average Bonchev–Trinajstić information content (AvgIpc) is 3.02. The number of amides is 2. The van der Waals surface area contributed by atoms with E-state index in [2.05, 4.69) is 5.32 Å². The first-order chi connectivity index (χ1) is 11.7. The third kappa shape index (κ3) is 4.00. The molecule has 124 valence electrons. The molecule has 0 spiro atoms. The lowest BCUT2D eigenvalue weighted by atomic mass is 10.2. The number of carbonyl (C=O) groups excluding carboxylic acids is 2. The fraction of sp³-hybridized carbons (Fsp3) is 0.263. The largest absolute Gasteiger partial charge is 0.367 e. The Morgan fingerprint density at radius 2 is 1.83 bits per heavy atom. The Morgan fingerprint density at radius 1 is 1.08 bits per heavy atom. The van der Waals surface area contributed by atoms with E-state index in [1.54, 1.807) is 11.0 Å². The summed E-state index contributed by atoms with van der Waals surface area (Å²) in [6.45, 7) is 1.05. The molecule has 1 aliphatic rings. The normalized spacial score (nSPS) is 14.0. The van der Waals surface area contributed by atoms with Gasteiger partial charge in [0.2, 0.25) is 11.8 Å². The molecule has 1 heterocycles. The summed E-state index contributed by atoms with van der Waals surface area (Å²) in [7, 11) is 0. The van der Waals surface area contributed by atoms with Gasteiger partial charge in [0, 0.05) is 13.0 Å². The van der Waals surface area contributed by atoms with Crippen LogP contribution >= 0.6 is 0 Å². The molecule has 1 N–H and O–H groups in total. The van der Waals surface area contributed by atoms with E-state index < -0.39 is 0 Å². The van der Waals surface area contributed by atoms with Gasteiger partial charge in [0.1, 0.15) is 6.61 Å². The molecule has 2 amide bonds. The summed E-state index contributed by atoms with van der Waals surface area (Å²) >= 11 is 0. The second-order valence-corrected chi connectivity index (χ2v) is 5.69. The molecule has 5 heteroatoms. The molecule has 2 aromatic rings. The number of nitrogens with one attached hydrogen (secondary N) is 1. The van der Waals surface area contributed by atoms with Gasteiger partial charge in [0.05, 0.1) is 18.0 Å². The molecular formula is C19H20N2O3. The summed E-state index contributed by atoms with van der Waals surface area (Å²) < 4.78 is 5.45. The molecular weight excluding hydrogens is 304 g/mol. The second kappa shape index (κ2) is 7.75. The van der Waals surface area contributed by atoms with Gasteiger partial charge in [0.15, 0.2) is 0 Å². The molecule has 3 rings (SSSR count). The first kappa shape index (κ1) is 16.2. The van der Waals surface area contributed by atoms with Crippen LogP contribution in [0.15, 0.2) is 54.6 Å². The van der Waals surface area contributed by atoms with Crippen LogP contribution in [0.25, 0.3) is 0 Å². The summed E-state index contributed by atoms with van der Waals surface area (Å²) in [4.78, 5) is 25.8. The fourth-order valence-electron chi connectivity index (χ4n) is 2.74. The van der Waals surface area contributed by atoms with Crippen LogP contribution in [0.5, 0.6) is 0 Å². The molecule has 0 atom stereocenters. The van der Waals surface area contributed by atoms with Crippen molar-refractivity contribution < 1.29 is 14.3 Å². The van der Waals surface area contributed by atoms with Crippen molar-refractivity contribution in [1.29, 1.82) is 0 Å². The van der Waals surface area contributed by atoms with Gasteiger partial charge in [-0.25, -0.2) is 0 Å². The molecule has 2 aromatic carbocycles. The Labute approximate surface area is 141 Å². The number of benzene rings is 2. The molecule has 0 saturated carbocycles. The van der Waals surface area contributed by atoms with E-state index in [9.17, 15) is 9.59 Å². The van der Waals surface area contributed by atoms with Gasteiger partial charge < -0.3 is 15.0 Å². The van der Waals surface area contributed by atoms with Gasteiger partial charge in [-0.15, -0.1) is 0 Å². The Balaban J connectivity index is 1.57. The highest BCUT2D eigenvalue weighted by atomic mass is 16.5. The Bertz CT molecular complexity index is 716. The van der Waals surface area contributed by atoms with E-state index in [0.29, 0.717) is 25.3 Å². The SMILES string of the molecule is O=C(COCc1ccccc1)Nc1ccccc1N1CCCC1=O. The molecule has 1 aliphatic heterocycles. The highest BCUT2D eigenvalue weighted by Crippen LogP contribution is 2.29. The summed E-state index contributed by atoms with van der Waals surface area (Å²) in [5.74, 6) is -0.137. The van der Waals surface area contributed by atoms with E-state index in [0.717, 1.165) is 17.7 Å². The lowest BCUT2D eigenvalue weighted by molar-refractivity contribution is -0.121. The van der Waals surface area contributed by atoms with Crippen LogP contribution in [0.1, 0.15) is 18.4 Å².